The van der Waals surface area contributed by atoms with E-state index in [-0.39, 0.29) is 0 Å². The number of hydrogen-bond acceptors (Lipinski definition) is 4. The monoisotopic (exact) mass is 266 g/mol. The highest BCUT2D eigenvalue weighted by Crippen LogP contribution is 2.25. The van der Waals surface area contributed by atoms with Crippen molar-refractivity contribution < 1.29 is 14.2 Å². The third kappa shape index (κ3) is 4.37. The molecule has 1 aromatic carbocycles. The minimum Gasteiger partial charge on any atom is -0.497 e. The number of ether oxygens (including phenoxy) is 3. The summed E-state index contributed by atoms with van der Waals surface area (Å²) in [7, 11) is 3.26. The Kier molecular flexibility index (Phi) is 6.22. The van der Waals surface area contributed by atoms with Crippen LogP contribution in [0.1, 0.15) is 18.9 Å². The molecule has 0 fully saturated rings. The van der Waals surface area contributed by atoms with E-state index in [1.807, 2.05) is 31.2 Å². The molecule has 98 valence electrons. The molecule has 0 aliphatic heterocycles. The Bertz CT molecular complexity index is 427. The molecule has 0 radical (unpaired) electrons. The van der Waals surface area contributed by atoms with E-state index in [1.165, 1.54) is 0 Å². The van der Waals surface area contributed by atoms with Gasteiger partial charge in [0.1, 0.15) is 11.5 Å². The quantitative estimate of drug-likeness (QED) is 0.582. The van der Waals surface area contributed by atoms with Crippen LogP contribution >= 0.6 is 12.2 Å². The summed E-state index contributed by atoms with van der Waals surface area (Å²) < 4.78 is 15.8. The SMILES string of the molecule is CCCOC(=S)/C=C/c1cc(OC)ccc1OC. The van der Waals surface area contributed by atoms with Crippen LogP contribution in [0.5, 0.6) is 11.5 Å². The lowest BCUT2D eigenvalue weighted by molar-refractivity contribution is 0.315. The van der Waals surface area contributed by atoms with E-state index < -0.39 is 0 Å². The molecule has 0 saturated carbocycles. The molecular weight excluding hydrogens is 248 g/mol. The molecule has 0 atom stereocenters. The number of benzene rings is 1. The minimum absolute atomic E-state index is 0.474. The Morgan fingerprint density at radius 3 is 2.67 bits per heavy atom. The third-order valence-corrected chi connectivity index (χ3v) is 2.54. The molecule has 0 saturated heterocycles. The highest BCUT2D eigenvalue weighted by atomic mass is 32.1. The molecule has 1 aromatic rings. The van der Waals surface area contributed by atoms with Gasteiger partial charge < -0.3 is 14.2 Å². The fourth-order valence-electron chi connectivity index (χ4n) is 1.38. The molecule has 0 amide bonds. The number of thiocarbonyl (C=S) groups is 1. The van der Waals surface area contributed by atoms with Crippen molar-refractivity contribution in [3.63, 3.8) is 0 Å². The molecule has 0 aliphatic carbocycles. The van der Waals surface area contributed by atoms with E-state index in [9.17, 15) is 0 Å². The maximum atomic E-state index is 5.32. The number of hydrogen-bond donors (Lipinski definition) is 0. The smallest absolute Gasteiger partial charge is 0.183 e. The summed E-state index contributed by atoms with van der Waals surface area (Å²) in [5, 5.41) is 0.474. The van der Waals surface area contributed by atoms with Gasteiger partial charge in [-0.1, -0.05) is 6.92 Å². The second-order valence-electron chi connectivity index (χ2n) is 3.61. The van der Waals surface area contributed by atoms with Crippen LogP contribution in [0.3, 0.4) is 0 Å². The molecule has 18 heavy (non-hydrogen) atoms. The van der Waals surface area contributed by atoms with Gasteiger partial charge in [-0.3, -0.25) is 0 Å². The Hall–Kier alpha value is -1.55. The van der Waals surface area contributed by atoms with Gasteiger partial charge >= 0.3 is 0 Å². The van der Waals surface area contributed by atoms with Gasteiger partial charge in [0, 0.05) is 5.56 Å². The highest BCUT2D eigenvalue weighted by molar-refractivity contribution is 7.80. The van der Waals surface area contributed by atoms with Gasteiger partial charge in [-0.25, -0.2) is 0 Å². The van der Waals surface area contributed by atoms with Gasteiger partial charge in [0.2, 0.25) is 0 Å². The molecule has 4 heteroatoms. The molecule has 0 unspecified atom stereocenters. The van der Waals surface area contributed by atoms with E-state index >= 15 is 0 Å². The highest BCUT2D eigenvalue weighted by Gasteiger charge is 2.02. The summed E-state index contributed by atoms with van der Waals surface area (Å²) in [6, 6.07) is 5.59. The van der Waals surface area contributed by atoms with Gasteiger partial charge in [-0.15, -0.1) is 0 Å². The third-order valence-electron chi connectivity index (χ3n) is 2.28. The first-order valence-electron chi connectivity index (χ1n) is 5.78. The predicted molar refractivity (Wildman–Crippen MR) is 77.4 cm³/mol. The fourth-order valence-corrected chi connectivity index (χ4v) is 1.53. The standard InChI is InChI=1S/C14H18O3S/c1-4-9-17-14(18)8-5-11-10-12(15-2)6-7-13(11)16-3/h5-8,10H,4,9H2,1-3H3/b8-5+. The molecular formula is C14H18O3S. The van der Waals surface area contributed by atoms with Crippen LogP contribution in [0.15, 0.2) is 24.3 Å². The zero-order chi connectivity index (χ0) is 13.4. The van der Waals surface area contributed by atoms with E-state index in [1.54, 1.807) is 20.3 Å². The van der Waals surface area contributed by atoms with Crippen molar-refractivity contribution >= 4 is 23.3 Å². The second kappa shape index (κ2) is 7.71. The van der Waals surface area contributed by atoms with E-state index in [4.69, 9.17) is 26.4 Å². The normalized spacial score (nSPS) is 10.4. The van der Waals surface area contributed by atoms with Gasteiger partial charge in [-0.05, 0) is 49.0 Å². The lowest BCUT2D eigenvalue weighted by Gasteiger charge is -2.07. The summed E-state index contributed by atoms with van der Waals surface area (Å²) in [4.78, 5) is 0. The molecule has 0 N–H and O–H groups in total. The maximum absolute atomic E-state index is 5.32. The van der Waals surface area contributed by atoms with E-state index in [0.29, 0.717) is 11.7 Å². The average molecular weight is 266 g/mol. The summed E-state index contributed by atoms with van der Waals surface area (Å²) in [5.74, 6) is 1.54. The van der Waals surface area contributed by atoms with E-state index in [2.05, 4.69) is 0 Å². The van der Waals surface area contributed by atoms with Gasteiger partial charge in [0.15, 0.2) is 5.05 Å². The van der Waals surface area contributed by atoms with Crippen LogP contribution in [0, 0.1) is 0 Å². The predicted octanol–water partition coefficient (Wildman–Crippen LogP) is 3.47. The lowest BCUT2D eigenvalue weighted by Crippen LogP contribution is -1.98. The zero-order valence-corrected chi connectivity index (χ0v) is 11.8. The largest absolute Gasteiger partial charge is 0.497 e. The molecule has 0 bridgehead atoms. The van der Waals surface area contributed by atoms with Crippen molar-refractivity contribution in [3.05, 3.63) is 29.8 Å². The first kappa shape index (κ1) is 14.5. The first-order valence-corrected chi connectivity index (χ1v) is 6.19. The number of rotatable bonds is 6. The molecule has 0 aliphatic rings. The average Bonchev–Trinajstić information content (AvgIpc) is 2.42. The first-order chi connectivity index (χ1) is 8.71. The molecule has 1 rings (SSSR count). The summed E-state index contributed by atoms with van der Waals surface area (Å²) in [6.45, 7) is 2.68. The fraction of sp³-hybridized carbons (Fsp3) is 0.357. The Labute approximate surface area is 113 Å². The van der Waals surface area contributed by atoms with Crippen molar-refractivity contribution in [1.29, 1.82) is 0 Å². The minimum atomic E-state index is 0.474. The Morgan fingerprint density at radius 1 is 1.28 bits per heavy atom. The van der Waals surface area contributed by atoms with Gasteiger partial charge in [0.05, 0.1) is 20.8 Å². The van der Waals surface area contributed by atoms with Gasteiger partial charge in [0.25, 0.3) is 0 Å². The van der Waals surface area contributed by atoms with Crippen molar-refractivity contribution in [3.8, 4) is 11.5 Å². The number of methoxy groups -OCH3 is 2. The second-order valence-corrected chi connectivity index (χ2v) is 4.01. The summed E-state index contributed by atoms with van der Waals surface area (Å²) in [6.07, 6.45) is 4.55. The lowest BCUT2D eigenvalue weighted by atomic mass is 10.1. The van der Waals surface area contributed by atoms with Crippen molar-refractivity contribution in [2.75, 3.05) is 20.8 Å². The van der Waals surface area contributed by atoms with Crippen LogP contribution in [-0.2, 0) is 4.74 Å². The van der Waals surface area contributed by atoms with Crippen LogP contribution in [0.4, 0.5) is 0 Å². The molecule has 3 nitrogen and oxygen atoms in total. The Morgan fingerprint density at radius 2 is 2.06 bits per heavy atom. The molecule has 0 spiro atoms. The van der Waals surface area contributed by atoms with Crippen molar-refractivity contribution in [2.45, 2.75) is 13.3 Å². The Balaban J connectivity index is 2.81. The summed E-state index contributed by atoms with van der Waals surface area (Å²) >= 11 is 5.08. The van der Waals surface area contributed by atoms with Crippen LogP contribution in [-0.4, -0.2) is 25.9 Å². The van der Waals surface area contributed by atoms with Crippen molar-refractivity contribution in [1.82, 2.24) is 0 Å². The van der Waals surface area contributed by atoms with Crippen molar-refractivity contribution in [2.24, 2.45) is 0 Å². The van der Waals surface area contributed by atoms with Crippen LogP contribution in [0.25, 0.3) is 6.08 Å². The van der Waals surface area contributed by atoms with Crippen LogP contribution < -0.4 is 9.47 Å². The zero-order valence-electron chi connectivity index (χ0n) is 10.9. The van der Waals surface area contributed by atoms with Crippen LogP contribution in [0.2, 0.25) is 0 Å². The van der Waals surface area contributed by atoms with E-state index in [0.717, 1.165) is 23.5 Å². The topological polar surface area (TPSA) is 27.7 Å². The summed E-state index contributed by atoms with van der Waals surface area (Å²) in [5.41, 5.74) is 0.902. The molecule has 0 aromatic heterocycles. The maximum Gasteiger partial charge on any atom is 0.183 e. The molecule has 0 heterocycles. The van der Waals surface area contributed by atoms with Gasteiger partial charge in [-0.2, -0.15) is 0 Å².